The zero-order valence-electron chi connectivity index (χ0n) is 13.0. The summed E-state index contributed by atoms with van der Waals surface area (Å²) >= 11 is 6.41. The average molecular weight is 317 g/mol. The number of hydrogen-bond acceptors (Lipinski definition) is 4. The number of benzene rings is 1. The van der Waals surface area contributed by atoms with Crippen LogP contribution < -0.4 is 10.2 Å². The molecular weight excluding hydrogens is 296 g/mol. The van der Waals surface area contributed by atoms with Crippen molar-refractivity contribution in [3.63, 3.8) is 0 Å². The molecule has 1 N–H and O–H groups in total. The third kappa shape index (κ3) is 3.08. The highest BCUT2D eigenvalue weighted by Crippen LogP contribution is 2.34. The van der Waals surface area contributed by atoms with Gasteiger partial charge in [-0.15, -0.1) is 0 Å². The second-order valence-corrected chi connectivity index (χ2v) is 6.24. The lowest BCUT2D eigenvalue weighted by atomic mass is 10.1. The fraction of sp³-hybridized carbons (Fsp3) is 0.412. The van der Waals surface area contributed by atoms with Crippen LogP contribution in [0.3, 0.4) is 0 Å². The Bertz CT molecular complexity index is 651. The maximum absolute atomic E-state index is 6.41. The van der Waals surface area contributed by atoms with E-state index in [0.29, 0.717) is 5.92 Å². The molecule has 22 heavy (non-hydrogen) atoms. The summed E-state index contributed by atoms with van der Waals surface area (Å²) in [6, 6.07) is 7.89. The van der Waals surface area contributed by atoms with E-state index in [9.17, 15) is 0 Å². The smallest absolute Gasteiger partial charge is 0.131 e. The van der Waals surface area contributed by atoms with Gasteiger partial charge in [0.25, 0.3) is 0 Å². The molecule has 1 fully saturated rings. The Balaban J connectivity index is 2.11. The zero-order chi connectivity index (χ0) is 15.5. The Morgan fingerprint density at radius 1 is 1.18 bits per heavy atom. The molecule has 0 saturated carbocycles. The van der Waals surface area contributed by atoms with Crippen molar-refractivity contribution in [3.8, 4) is 11.3 Å². The Labute approximate surface area is 136 Å². The molecule has 0 radical (unpaired) electrons. The monoisotopic (exact) mass is 316 g/mol. The maximum atomic E-state index is 6.41. The van der Waals surface area contributed by atoms with E-state index in [1.807, 2.05) is 30.5 Å². The quantitative estimate of drug-likeness (QED) is 0.943. The van der Waals surface area contributed by atoms with Crippen LogP contribution in [0.5, 0.6) is 0 Å². The first-order chi connectivity index (χ1) is 10.7. The van der Waals surface area contributed by atoms with E-state index in [4.69, 9.17) is 16.6 Å². The summed E-state index contributed by atoms with van der Waals surface area (Å²) in [4.78, 5) is 11.7. The summed E-state index contributed by atoms with van der Waals surface area (Å²) < 4.78 is 0. The first-order valence-corrected chi connectivity index (χ1v) is 8.12. The van der Waals surface area contributed by atoms with Crippen molar-refractivity contribution in [1.29, 1.82) is 0 Å². The maximum Gasteiger partial charge on any atom is 0.131 e. The highest BCUT2D eigenvalue weighted by Gasteiger charge is 2.19. The summed E-state index contributed by atoms with van der Waals surface area (Å²) in [5.74, 6) is 1.15. The lowest BCUT2D eigenvalue weighted by Gasteiger charge is -2.30. The van der Waals surface area contributed by atoms with Gasteiger partial charge in [-0.1, -0.05) is 43.6 Å². The van der Waals surface area contributed by atoms with Gasteiger partial charge in [0.1, 0.15) is 5.82 Å². The van der Waals surface area contributed by atoms with E-state index in [2.05, 4.69) is 29.0 Å². The first kappa shape index (κ1) is 15.3. The van der Waals surface area contributed by atoms with Crippen molar-refractivity contribution < 1.29 is 0 Å². The predicted octanol–water partition coefficient (Wildman–Crippen LogP) is 3.33. The molecule has 0 spiro atoms. The number of nitrogens with one attached hydrogen (secondary N) is 1. The summed E-state index contributed by atoms with van der Waals surface area (Å²) in [7, 11) is 0. The number of anilines is 1. The second-order valence-electron chi connectivity index (χ2n) is 5.83. The van der Waals surface area contributed by atoms with Gasteiger partial charge in [0.2, 0.25) is 0 Å². The molecular formula is C17H21ClN4. The molecule has 116 valence electrons. The van der Waals surface area contributed by atoms with Crippen LogP contribution in [0.1, 0.15) is 25.6 Å². The Morgan fingerprint density at radius 3 is 2.59 bits per heavy atom. The highest BCUT2D eigenvalue weighted by atomic mass is 35.5. The molecule has 0 bridgehead atoms. The Kier molecular flexibility index (Phi) is 4.60. The van der Waals surface area contributed by atoms with Crippen molar-refractivity contribution in [2.45, 2.75) is 19.8 Å². The molecule has 1 aromatic heterocycles. The summed E-state index contributed by atoms with van der Waals surface area (Å²) in [6.07, 6.45) is 1.95. The second kappa shape index (κ2) is 6.63. The predicted molar refractivity (Wildman–Crippen MR) is 91.6 cm³/mol. The number of nitrogens with zero attached hydrogens (tertiary/aromatic N) is 3. The van der Waals surface area contributed by atoms with Crippen LogP contribution in [0.4, 0.5) is 5.69 Å². The molecule has 1 aromatic carbocycles. The minimum atomic E-state index is 0.290. The molecule has 0 aliphatic carbocycles. The van der Waals surface area contributed by atoms with Gasteiger partial charge in [0, 0.05) is 37.7 Å². The number of rotatable bonds is 3. The van der Waals surface area contributed by atoms with E-state index < -0.39 is 0 Å². The third-order valence-corrected chi connectivity index (χ3v) is 4.22. The normalized spacial score (nSPS) is 15.4. The third-order valence-electron chi connectivity index (χ3n) is 3.89. The van der Waals surface area contributed by atoms with E-state index >= 15 is 0 Å². The van der Waals surface area contributed by atoms with Crippen LogP contribution in [0.25, 0.3) is 11.3 Å². The van der Waals surface area contributed by atoms with Gasteiger partial charge in [0.15, 0.2) is 0 Å². The zero-order valence-corrected chi connectivity index (χ0v) is 13.8. The topological polar surface area (TPSA) is 41.1 Å². The molecule has 2 aromatic rings. The van der Waals surface area contributed by atoms with Gasteiger partial charge in [-0.3, -0.25) is 0 Å². The van der Waals surface area contributed by atoms with Crippen LogP contribution in [0.2, 0.25) is 5.02 Å². The highest BCUT2D eigenvalue weighted by molar-refractivity contribution is 6.33. The van der Waals surface area contributed by atoms with E-state index in [1.54, 1.807) is 0 Å². The number of hydrogen-bond donors (Lipinski definition) is 1. The SMILES string of the molecule is CC(C)c1ncc(N2CCNCC2)c(-c2ccccc2Cl)n1. The van der Waals surface area contributed by atoms with Gasteiger partial charge in [-0.25, -0.2) is 9.97 Å². The fourth-order valence-electron chi connectivity index (χ4n) is 2.66. The van der Waals surface area contributed by atoms with Crippen LogP contribution in [0.15, 0.2) is 30.5 Å². The molecule has 4 nitrogen and oxygen atoms in total. The van der Waals surface area contributed by atoms with Crippen LogP contribution in [-0.4, -0.2) is 36.1 Å². The molecule has 1 saturated heterocycles. The molecule has 3 rings (SSSR count). The minimum Gasteiger partial charge on any atom is -0.366 e. The van der Waals surface area contributed by atoms with Crippen LogP contribution in [-0.2, 0) is 0 Å². The van der Waals surface area contributed by atoms with Crippen molar-refractivity contribution in [3.05, 3.63) is 41.3 Å². The molecule has 0 amide bonds. The number of halogens is 1. The molecule has 5 heteroatoms. The summed E-state index contributed by atoms with van der Waals surface area (Å²) in [6.45, 7) is 8.10. The standard InChI is InChI=1S/C17H21ClN4/c1-12(2)17-20-11-15(22-9-7-19-8-10-22)16(21-17)13-5-3-4-6-14(13)18/h3-6,11-12,19H,7-10H2,1-2H3. The van der Waals surface area contributed by atoms with E-state index in [1.165, 1.54) is 0 Å². The van der Waals surface area contributed by atoms with Gasteiger partial charge < -0.3 is 10.2 Å². The van der Waals surface area contributed by atoms with Crippen LogP contribution >= 0.6 is 11.6 Å². The van der Waals surface area contributed by atoms with E-state index in [0.717, 1.165) is 54.0 Å². The largest absolute Gasteiger partial charge is 0.366 e. The number of piperazine rings is 1. The molecule has 1 aliphatic heterocycles. The molecule has 2 heterocycles. The minimum absolute atomic E-state index is 0.290. The van der Waals surface area contributed by atoms with Crippen LogP contribution in [0, 0.1) is 0 Å². The van der Waals surface area contributed by atoms with Gasteiger partial charge in [-0.2, -0.15) is 0 Å². The van der Waals surface area contributed by atoms with Gasteiger partial charge in [-0.05, 0) is 6.07 Å². The Hall–Kier alpha value is -1.65. The lowest BCUT2D eigenvalue weighted by Crippen LogP contribution is -2.43. The Morgan fingerprint density at radius 2 is 1.91 bits per heavy atom. The molecule has 0 unspecified atom stereocenters. The summed E-state index contributed by atoms with van der Waals surface area (Å²) in [5, 5.41) is 4.11. The lowest BCUT2D eigenvalue weighted by molar-refractivity contribution is 0.588. The first-order valence-electron chi connectivity index (χ1n) is 7.74. The van der Waals surface area contributed by atoms with Crippen molar-refractivity contribution in [2.75, 3.05) is 31.1 Å². The van der Waals surface area contributed by atoms with Crippen molar-refractivity contribution in [2.24, 2.45) is 0 Å². The molecule has 1 aliphatic rings. The van der Waals surface area contributed by atoms with Gasteiger partial charge in [0.05, 0.1) is 22.6 Å². The van der Waals surface area contributed by atoms with Gasteiger partial charge >= 0.3 is 0 Å². The van der Waals surface area contributed by atoms with Crippen molar-refractivity contribution >= 4 is 17.3 Å². The fourth-order valence-corrected chi connectivity index (χ4v) is 2.88. The van der Waals surface area contributed by atoms with Crippen molar-refractivity contribution in [1.82, 2.24) is 15.3 Å². The summed E-state index contributed by atoms with van der Waals surface area (Å²) in [5.41, 5.74) is 2.98. The van der Waals surface area contributed by atoms with E-state index in [-0.39, 0.29) is 0 Å². The number of aromatic nitrogens is 2. The molecule has 0 atom stereocenters. The average Bonchev–Trinajstić information content (AvgIpc) is 2.55.